The summed E-state index contributed by atoms with van der Waals surface area (Å²) in [5.74, 6) is 1.99. The minimum absolute atomic E-state index is 0.0187. The highest BCUT2D eigenvalue weighted by atomic mass is 16.5. The fourth-order valence-corrected chi connectivity index (χ4v) is 4.74. The van der Waals surface area contributed by atoms with Gasteiger partial charge in [0.25, 0.3) is 0 Å². The van der Waals surface area contributed by atoms with E-state index in [4.69, 9.17) is 15.2 Å². The number of piperidine rings is 1. The van der Waals surface area contributed by atoms with E-state index in [2.05, 4.69) is 46.7 Å². The quantitative estimate of drug-likeness (QED) is 0.490. The number of amides is 1. The zero-order valence-corrected chi connectivity index (χ0v) is 20.0. The van der Waals surface area contributed by atoms with Gasteiger partial charge in [-0.15, -0.1) is 5.10 Å². The van der Waals surface area contributed by atoms with E-state index in [1.54, 1.807) is 14.2 Å². The molecule has 1 aliphatic rings. The van der Waals surface area contributed by atoms with Crippen molar-refractivity contribution in [2.45, 2.75) is 38.8 Å². The minimum atomic E-state index is -0.203. The summed E-state index contributed by atoms with van der Waals surface area (Å²) in [7, 11) is 3.27. The van der Waals surface area contributed by atoms with Crippen LogP contribution in [0, 0.1) is 12.8 Å². The maximum Gasteiger partial charge on any atom is 0.220 e. The molecule has 0 bridgehead atoms. The topological polar surface area (TPSA) is 110 Å². The summed E-state index contributed by atoms with van der Waals surface area (Å²) >= 11 is 0. The molecule has 0 aliphatic carbocycles. The number of nitrogens with zero attached hydrogens (tertiary/aromatic N) is 4. The van der Waals surface area contributed by atoms with Gasteiger partial charge in [-0.3, -0.25) is 4.79 Å². The number of benzene rings is 2. The van der Waals surface area contributed by atoms with Gasteiger partial charge in [-0.1, -0.05) is 35.9 Å². The van der Waals surface area contributed by atoms with Gasteiger partial charge in [0.15, 0.2) is 17.5 Å². The molecule has 180 valence electrons. The number of ether oxygens (including phenoxy) is 2. The Labute approximate surface area is 199 Å². The predicted molar refractivity (Wildman–Crippen MR) is 127 cm³/mol. The average molecular weight is 466 g/mol. The highest BCUT2D eigenvalue weighted by molar-refractivity contribution is 5.76. The number of nitrogens with one attached hydrogen (secondary N) is 1. The Morgan fingerprint density at radius 3 is 2.47 bits per heavy atom. The zero-order valence-electron chi connectivity index (χ0n) is 20.0. The van der Waals surface area contributed by atoms with Gasteiger partial charge in [0, 0.05) is 30.9 Å². The molecule has 9 heteroatoms. The van der Waals surface area contributed by atoms with E-state index < -0.39 is 0 Å². The second kappa shape index (κ2) is 10.6. The van der Waals surface area contributed by atoms with Gasteiger partial charge < -0.3 is 20.1 Å². The number of aryl methyl sites for hydroxylation is 3. The molecule has 4 rings (SSSR count). The molecule has 3 aromatic rings. The van der Waals surface area contributed by atoms with Crippen LogP contribution in [0.25, 0.3) is 0 Å². The molecular weight excluding hydrogens is 432 g/mol. The molecule has 34 heavy (non-hydrogen) atoms. The molecular formula is C25H33N6O3+. The summed E-state index contributed by atoms with van der Waals surface area (Å²) in [4.78, 5) is 13.0. The van der Waals surface area contributed by atoms with Crippen molar-refractivity contribution in [2.75, 3.05) is 27.3 Å². The summed E-state index contributed by atoms with van der Waals surface area (Å²) in [6.07, 6.45) is 2.30. The van der Waals surface area contributed by atoms with Gasteiger partial charge >= 0.3 is 0 Å². The first-order chi connectivity index (χ1) is 16.5. The summed E-state index contributed by atoms with van der Waals surface area (Å²) in [5, 5.41) is 12.8. The number of methoxy groups -OCH3 is 2. The third kappa shape index (κ3) is 5.20. The third-order valence-electron chi connectivity index (χ3n) is 6.73. The SMILES string of the molecule is COc1ccc(CCn2nnnc2[C@H](c2ccc(C)cc2)[NH+]2CCC(C(N)=O)CC2)cc1OC. The summed E-state index contributed by atoms with van der Waals surface area (Å²) < 4.78 is 12.7. The number of tetrazole rings is 1. The second-order valence-corrected chi connectivity index (χ2v) is 8.88. The summed E-state index contributed by atoms with van der Waals surface area (Å²) in [5.41, 5.74) is 9.05. The largest absolute Gasteiger partial charge is 0.493 e. The van der Waals surface area contributed by atoms with Crippen molar-refractivity contribution in [2.24, 2.45) is 11.7 Å². The number of quaternary nitrogens is 1. The van der Waals surface area contributed by atoms with E-state index in [-0.39, 0.29) is 17.9 Å². The number of carbonyl (C=O) groups excluding carboxylic acids is 1. The van der Waals surface area contributed by atoms with E-state index in [1.165, 1.54) is 16.0 Å². The Kier molecular flexibility index (Phi) is 7.42. The second-order valence-electron chi connectivity index (χ2n) is 8.88. The number of hydrogen-bond acceptors (Lipinski definition) is 6. The fourth-order valence-electron chi connectivity index (χ4n) is 4.74. The van der Waals surface area contributed by atoms with E-state index in [9.17, 15) is 4.79 Å². The van der Waals surface area contributed by atoms with Crippen LogP contribution < -0.4 is 20.1 Å². The lowest BCUT2D eigenvalue weighted by Crippen LogP contribution is -3.13. The highest BCUT2D eigenvalue weighted by Gasteiger charge is 2.35. The van der Waals surface area contributed by atoms with Crippen molar-refractivity contribution in [3.8, 4) is 11.5 Å². The molecule has 0 unspecified atom stereocenters. The molecule has 2 heterocycles. The van der Waals surface area contributed by atoms with Crippen molar-refractivity contribution in [1.29, 1.82) is 0 Å². The van der Waals surface area contributed by atoms with Gasteiger partial charge in [-0.2, -0.15) is 0 Å². The van der Waals surface area contributed by atoms with E-state index >= 15 is 0 Å². The summed E-state index contributed by atoms with van der Waals surface area (Å²) in [6, 6.07) is 14.5. The normalized spacial score (nSPS) is 18.9. The Bertz CT molecular complexity index is 1110. The number of aromatic nitrogens is 4. The van der Waals surface area contributed by atoms with Gasteiger partial charge in [0.05, 0.1) is 27.3 Å². The third-order valence-corrected chi connectivity index (χ3v) is 6.73. The van der Waals surface area contributed by atoms with Crippen molar-refractivity contribution in [3.63, 3.8) is 0 Å². The lowest BCUT2D eigenvalue weighted by Gasteiger charge is -2.33. The fraction of sp³-hybridized carbons (Fsp3) is 0.440. The molecule has 1 atom stereocenters. The van der Waals surface area contributed by atoms with Crippen LogP contribution in [0.4, 0.5) is 0 Å². The number of likely N-dealkylation sites (tertiary alicyclic amines) is 1. The van der Waals surface area contributed by atoms with Crippen molar-refractivity contribution >= 4 is 5.91 Å². The maximum atomic E-state index is 11.7. The van der Waals surface area contributed by atoms with Crippen LogP contribution >= 0.6 is 0 Å². The maximum absolute atomic E-state index is 11.7. The molecule has 0 spiro atoms. The zero-order chi connectivity index (χ0) is 24.1. The molecule has 1 saturated heterocycles. The van der Waals surface area contributed by atoms with Gasteiger partial charge in [-0.05, 0) is 41.5 Å². The standard InChI is InChI=1S/C25H32N6O3/c1-17-4-7-19(8-5-17)23(30-13-11-20(12-14-30)24(26)32)25-27-28-29-31(25)15-10-18-6-9-21(33-2)22(16-18)34-3/h4-9,16,20,23H,10-15H2,1-3H3,(H2,26,32)/p+1/t23-/m0/s1. The van der Waals surface area contributed by atoms with Crippen molar-refractivity contribution in [1.82, 2.24) is 20.2 Å². The lowest BCUT2D eigenvalue weighted by molar-refractivity contribution is -0.931. The average Bonchev–Trinajstić information content (AvgIpc) is 3.32. The Morgan fingerprint density at radius 1 is 1.12 bits per heavy atom. The smallest absolute Gasteiger partial charge is 0.220 e. The van der Waals surface area contributed by atoms with Crippen LogP contribution in [0.2, 0.25) is 0 Å². The van der Waals surface area contributed by atoms with Crippen molar-refractivity contribution < 1.29 is 19.2 Å². The van der Waals surface area contributed by atoms with Crippen LogP contribution in [0.15, 0.2) is 42.5 Å². The van der Waals surface area contributed by atoms with Gasteiger partial charge in [0.2, 0.25) is 11.7 Å². The van der Waals surface area contributed by atoms with E-state index in [0.29, 0.717) is 18.0 Å². The van der Waals surface area contributed by atoms with Gasteiger partial charge in [0.1, 0.15) is 0 Å². The molecule has 1 fully saturated rings. The molecule has 9 nitrogen and oxygen atoms in total. The Morgan fingerprint density at radius 2 is 1.82 bits per heavy atom. The Hall–Kier alpha value is -3.46. The molecule has 1 aromatic heterocycles. The summed E-state index contributed by atoms with van der Waals surface area (Å²) in [6.45, 7) is 4.40. The van der Waals surface area contributed by atoms with Crippen LogP contribution in [-0.4, -0.2) is 53.4 Å². The van der Waals surface area contributed by atoms with Crippen LogP contribution in [0.5, 0.6) is 11.5 Å². The highest BCUT2D eigenvalue weighted by Crippen LogP contribution is 2.28. The number of primary amides is 1. The first-order valence-corrected chi connectivity index (χ1v) is 11.7. The van der Waals surface area contributed by atoms with Crippen LogP contribution in [0.1, 0.15) is 41.4 Å². The number of nitrogens with two attached hydrogens (primary N) is 1. The van der Waals surface area contributed by atoms with Crippen LogP contribution in [0.3, 0.4) is 0 Å². The number of hydrogen-bond donors (Lipinski definition) is 2. The molecule has 1 amide bonds. The van der Waals surface area contributed by atoms with Crippen LogP contribution in [-0.2, 0) is 17.8 Å². The molecule has 3 N–H and O–H groups in total. The monoisotopic (exact) mass is 465 g/mol. The first-order valence-electron chi connectivity index (χ1n) is 11.7. The molecule has 0 saturated carbocycles. The Balaban J connectivity index is 1.58. The number of rotatable bonds is 9. The molecule has 1 aliphatic heterocycles. The molecule has 0 radical (unpaired) electrons. The first kappa shape index (κ1) is 23.7. The molecule has 2 aromatic carbocycles. The minimum Gasteiger partial charge on any atom is -0.493 e. The van der Waals surface area contributed by atoms with E-state index in [0.717, 1.165) is 43.7 Å². The van der Waals surface area contributed by atoms with E-state index in [1.807, 2.05) is 22.9 Å². The lowest BCUT2D eigenvalue weighted by atomic mass is 9.93. The number of carbonyl (C=O) groups is 1. The van der Waals surface area contributed by atoms with Crippen molar-refractivity contribution in [3.05, 3.63) is 65.0 Å². The van der Waals surface area contributed by atoms with Gasteiger partial charge in [-0.25, -0.2) is 4.68 Å². The predicted octanol–water partition coefficient (Wildman–Crippen LogP) is 1.11.